The van der Waals surface area contributed by atoms with Crippen molar-refractivity contribution in [2.24, 2.45) is 7.05 Å². The SMILES string of the molecule is Cn1cc(/C=C\C(=O)N[C@H]2CCc3c(Br)cccc32)cn1. The van der Waals surface area contributed by atoms with E-state index in [0.717, 1.165) is 22.9 Å². The molecule has 0 aliphatic heterocycles. The summed E-state index contributed by atoms with van der Waals surface area (Å²) in [6.07, 6.45) is 8.88. The molecule has 2 aromatic rings. The van der Waals surface area contributed by atoms with E-state index >= 15 is 0 Å². The van der Waals surface area contributed by atoms with Crippen LogP contribution >= 0.6 is 15.9 Å². The van der Waals surface area contributed by atoms with Crippen LogP contribution in [-0.4, -0.2) is 15.7 Å². The zero-order chi connectivity index (χ0) is 14.8. The van der Waals surface area contributed by atoms with Gasteiger partial charge in [0.25, 0.3) is 0 Å². The summed E-state index contributed by atoms with van der Waals surface area (Å²) in [6, 6.07) is 6.25. The number of fused-ring (bicyclic) bond motifs is 1. The van der Waals surface area contributed by atoms with Gasteiger partial charge in [-0.05, 0) is 36.1 Å². The smallest absolute Gasteiger partial charge is 0.244 e. The fourth-order valence-corrected chi connectivity index (χ4v) is 3.26. The first kappa shape index (κ1) is 14.1. The van der Waals surface area contributed by atoms with Crippen LogP contribution in [0.5, 0.6) is 0 Å². The Hall–Kier alpha value is -1.88. The van der Waals surface area contributed by atoms with Crippen LogP contribution < -0.4 is 5.32 Å². The Morgan fingerprint density at radius 1 is 1.52 bits per heavy atom. The molecule has 0 fully saturated rings. The van der Waals surface area contributed by atoms with Gasteiger partial charge in [-0.1, -0.05) is 28.1 Å². The summed E-state index contributed by atoms with van der Waals surface area (Å²) >= 11 is 3.57. The van der Waals surface area contributed by atoms with Crippen molar-refractivity contribution in [3.05, 3.63) is 57.8 Å². The molecule has 0 spiro atoms. The van der Waals surface area contributed by atoms with Crippen molar-refractivity contribution in [2.45, 2.75) is 18.9 Å². The molecule has 1 atom stereocenters. The van der Waals surface area contributed by atoms with Gasteiger partial charge in [0.15, 0.2) is 0 Å². The Morgan fingerprint density at radius 2 is 2.38 bits per heavy atom. The maximum atomic E-state index is 12.0. The summed E-state index contributed by atoms with van der Waals surface area (Å²) in [7, 11) is 1.85. The molecule has 4 nitrogen and oxygen atoms in total. The first-order chi connectivity index (χ1) is 10.1. The predicted molar refractivity (Wildman–Crippen MR) is 85.6 cm³/mol. The average Bonchev–Trinajstić information content (AvgIpc) is 3.05. The highest BCUT2D eigenvalue weighted by Gasteiger charge is 2.24. The van der Waals surface area contributed by atoms with Gasteiger partial charge in [-0.15, -0.1) is 0 Å². The Bertz CT molecular complexity index is 705. The average molecular weight is 346 g/mol. The molecule has 1 aromatic carbocycles. The fraction of sp³-hybridized carbons (Fsp3) is 0.250. The quantitative estimate of drug-likeness (QED) is 0.869. The van der Waals surface area contributed by atoms with Crippen LogP contribution in [0.4, 0.5) is 0 Å². The predicted octanol–water partition coefficient (Wildman–Crippen LogP) is 3.00. The zero-order valence-corrected chi connectivity index (χ0v) is 13.3. The summed E-state index contributed by atoms with van der Waals surface area (Å²) in [5.74, 6) is -0.0725. The van der Waals surface area contributed by atoms with Crippen LogP contribution in [-0.2, 0) is 18.3 Å². The van der Waals surface area contributed by atoms with E-state index in [4.69, 9.17) is 0 Å². The minimum atomic E-state index is -0.0725. The molecule has 0 bridgehead atoms. The first-order valence-electron chi connectivity index (χ1n) is 6.88. The summed E-state index contributed by atoms with van der Waals surface area (Å²) in [6.45, 7) is 0. The maximum absolute atomic E-state index is 12.0. The molecule has 21 heavy (non-hydrogen) atoms. The molecule has 5 heteroatoms. The van der Waals surface area contributed by atoms with Crippen molar-refractivity contribution in [2.75, 3.05) is 0 Å². The molecule has 0 unspecified atom stereocenters. The lowest BCUT2D eigenvalue weighted by Crippen LogP contribution is -2.25. The Balaban J connectivity index is 1.67. The van der Waals surface area contributed by atoms with E-state index in [0.29, 0.717) is 0 Å². The molecule has 1 heterocycles. The molecular weight excluding hydrogens is 330 g/mol. The fourth-order valence-electron chi connectivity index (χ4n) is 2.68. The lowest BCUT2D eigenvalue weighted by molar-refractivity contribution is -0.117. The van der Waals surface area contributed by atoms with Crippen molar-refractivity contribution >= 4 is 27.9 Å². The molecule has 1 amide bonds. The van der Waals surface area contributed by atoms with Gasteiger partial charge in [-0.2, -0.15) is 5.10 Å². The largest absolute Gasteiger partial charge is 0.346 e. The molecule has 3 rings (SSSR count). The monoisotopic (exact) mass is 345 g/mol. The maximum Gasteiger partial charge on any atom is 0.244 e. The van der Waals surface area contributed by atoms with E-state index in [-0.39, 0.29) is 11.9 Å². The van der Waals surface area contributed by atoms with Gasteiger partial charge in [0.1, 0.15) is 0 Å². The highest BCUT2D eigenvalue weighted by Crippen LogP contribution is 2.35. The standard InChI is InChI=1S/C16H16BrN3O/c1-20-10-11(9-18-20)5-8-16(21)19-15-7-6-12-13(15)3-2-4-14(12)17/h2-5,8-10,15H,6-7H2,1H3,(H,19,21)/b8-5-/t15-/m0/s1. The van der Waals surface area contributed by atoms with Gasteiger partial charge in [-0.3, -0.25) is 9.48 Å². The number of rotatable bonds is 3. The lowest BCUT2D eigenvalue weighted by atomic mass is 10.1. The summed E-state index contributed by atoms with van der Waals surface area (Å²) < 4.78 is 2.84. The van der Waals surface area contributed by atoms with Gasteiger partial charge >= 0.3 is 0 Å². The zero-order valence-electron chi connectivity index (χ0n) is 11.7. The highest BCUT2D eigenvalue weighted by molar-refractivity contribution is 9.10. The minimum absolute atomic E-state index is 0.0725. The number of carbonyl (C=O) groups excluding carboxylic acids is 1. The van der Waals surface area contributed by atoms with Gasteiger partial charge < -0.3 is 5.32 Å². The lowest BCUT2D eigenvalue weighted by Gasteiger charge is -2.12. The van der Waals surface area contributed by atoms with Crippen LogP contribution in [0.15, 0.2) is 41.1 Å². The van der Waals surface area contributed by atoms with E-state index < -0.39 is 0 Å². The number of amides is 1. The van der Waals surface area contributed by atoms with Crippen LogP contribution in [0.25, 0.3) is 6.08 Å². The van der Waals surface area contributed by atoms with Gasteiger partial charge in [0.2, 0.25) is 5.91 Å². The van der Waals surface area contributed by atoms with Crippen molar-refractivity contribution < 1.29 is 4.79 Å². The van der Waals surface area contributed by atoms with Crippen molar-refractivity contribution in [1.29, 1.82) is 0 Å². The Kier molecular flexibility index (Phi) is 3.92. The summed E-state index contributed by atoms with van der Waals surface area (Å²) in [4.78, 5) is 12.0. The molecule has 1 N–H and O–H groups in total. The van der Waals surface area contributed by atoms with E-state index in [9.17, 15) is 4.79 Å². The number of carbonyl (C=O) groups is 1. The van der Waals surface area contributed by atoms with Crippen LogP contribution in [0.2, 0.25) is 0 Å². The number of aromatic nitrogens is 2. The van der Waals surface area contributed by atoms with Crippen LogP contribution in [0, 0.1) is 0 Å². The van der Waals surface area contributed by atoms with Crippen LogP contribution in [0.3, 0.4) is 0 Å². The van der Waals surface area contributed by atoms with E-state index in [2.05, 4.69) is 32.4 Å². The molecule has 0 radical (unpaired) electrons. The molecular formula is C16H16BrN3O. The van der Waals surface area contributed by atoms with Crippen molar-refractivity contribution in [3.8, 4) is 0 Å². The molecule has 0 saturated heterocycles. The number of nitrogens with one attached hydrogen (secondary N) is 1. The number of hydrogen-bond donors (Lipinski definition) is 1. The summed E-state index contributed by atoms with van der Waals surface area (Å²) in [5, 5.41) is 7.13. The van der Waals surface area contributed by atoms with Crippen molar-refractivity contribution in [1.82, 2.24) is 15.1 Å². The number of aryl methyl sites for hydroxylation is 1. The number of hydrogen-bond acceptors (Lipinski definition) is 2. The molecule has 1 aromatic heterocycles. The van der Waals surface area contributed by atoms with Gasteiger partial charge in [0.05, 0.1) is 12.2 Å². The third-order valence-corrected chi connectivity index (χ3v) is 4.42. The highest BCUT2D eigenvalue weighted by atomic mass is 79.9. The topological polar surface area (TPSA) is 46.9 Å². The van der Waals surface area contributed by atoms with E-state index in [1.807, 2.05) is 25.4 Å². The number of benzene rings is 1. The third-order valence-electron chi connectivity index (χ3n) is 3.68. The third kappa shape index (κ3) is 3.08. The van der Waals surface area contributed by atoms with E-state index in [1.165, 1.54) is 11.1 Å². The second-order valence-corrected chi connectivity index (χ2v) is 6.04. The molecule has 108 valence electrons. The van der Waals surface area contributed by atoms with Crippen molar-refractivity contribution in [3.63, 3.8) is 0 Å². The minimum Gasteiger partial charge on any atom is -0.346 e. The molecule has 1 aliphatic rings. The van der Waals surface area contributed by atoms with Crippen LogP contribution in [0.1, 0.15) is 29.2 Å². The van der Waals surface area contributed by atoms with Gasteiger partial charge in [0, 0.05) is 29.4 Å². The molecule has 1 aliphatic carbocycles. The Labute approximate surface area is 132 Å². The normalized spacial score (nSPS) is 17.1. The summed E-state index contributed by atoms with van der Waals surface area (Å²) in [5.41, 5.74) is 3.44. The second-order valence-electron chi connectivity index (χ2n) is 5.19. The first-order valence-corrected chi connectivity index (χ1v) is 7.67. The molecule has 0 saturated carbocycles. The number of halogens is 1. The van der Waals surface area contributed by atoms with E-state index in [1.54, 1.807) is 23.0 Å². The second kappa shape index (κ2) is 5.85. The number of nitrogens with zero attached hydrogens (tertiary/aromatic N) is 2. The Morgan fingerprint density at radius 3 is 3.14 bits per heavy atom. The van der Waals surface area contributed by atoms with Gasteiger partial charge in [-0.25, -0.2) is 0 Å².